The average molecular weight is 684 g/mol. The van der Waals surface area contributed by atoms with Crippen molar-refractivity contribution in [1.82, 2.24) is 19.6 Å². The maximum absolute atomic E-state index is 15.3. The first-order valence-electron chi connectivity index (χ1n) is 15.6. The first-order valence-corrected chi connectivity index (χ1v) is 17.4. The SMILES string of the molecule is COc1cc(CN2CCN(C)CC2)ccc1[C@]1(N2CCCC2C(=O)N(C)C)C(=O)N(S(=O)(=O)c2ccc(F)cc2)c2ccc(Cl)cc21. The van der Waals surface area contributed by atoms with E-state index >= 15 is 4.79 Å². The minimum atomic E-state index is -4.54. The first-order chi connectivity index (χ1) is 22.4. The molecular formula is C34H39ClFN5O5S. The normalized spacial score (nSPS) is 22.5. The van der Waals surface area contributed by atoms with Crippen molar-refractivity contribution in [3.8, 4) is 5.75 Å². The summed E-state index contributed by atoms with van der Waals surface area (Å²) in [5.41, 5.74) is 0.0170. The van der Waals surface area contributed by atoms with E-state index in [1.165, 1.54) is 24.1 Å². The number of hydrogen-bond donors (Lipinski definition) is 0. The minimum Gasteiger partial charge on any atom is -0.496 e. The van der Waals surface area contributed by atoms with E-state index in [2.05, 4.69) is 16.8 Å². The number of sulfonamides is 1. The quantitative estimate of drug-likeness (QED) is 0.355. The van der Waals surface area contributed by atoms with Gasteiger partial charge in [0.2, 0.25) is 5.91 Å². The Kier molecular flexibility index (Phi) is 9.09. The van der Waals surface area contributed by atoms with Gasteiger partial charge in [0, 0.05) is 69.5 Å². The molecule has 2 saturated heterocycles. The molecule has 3 heterocycles. The lowest BCUT2D eigenvalue weighted by molar-refractivity contribution is -0.138. The molecule has 3 aliphatic heterocycles. The third-order valence-corrected chi connectivity index (χ3v) is 11.4. The summed E-state index contributed by atoms with van der Waals surface area (Å²) in [5, 5.41) is 0.294. The van der Waals surface area contributed by atoms with Crippen molar-refractivity contribution in [2.45, 2.75) is 35.9 Å². The standard InChI is InChI=1S/C34H39ClFN5O5S/c1-37(2)32(42)30-6-5-15-40(30)34(27-13-7-23(20-31(27)46-4)22-39-18-16-38(3)17-19-39)28-21-24(35)8-14-29(28)41(33(34)43)47(44,45)26-11-9-25(36)10-12-26/h7-14,20-21,30H,5-6,15-19,22H2,1-4H3/t30?,34-/m1/s1. The number of methoxy groups -OCH3 is 1. The van der Waals surface area contributed by atoms with Gasteiger partial charge in [0.05, 0.1) is 23.7 Å². The Hall–Kier alpha value is -3.55. The number of rotatable bonds is 8. The molecule has 0 spiro atoms. The molecule has 3 aromatic carbocycles. The summed E-state index contributed by atoms with van der Waals surface area (Å²) < 4.78 is 49.3. The Morgan fingerprint density at radius 1 is 1.00 bits per heavy atom. The number of halogens is 2. The molecule has 0 saturated carbocycles. The van der Waals surface area contributed by atoms with Crippen molar-refractivity contribution in [3.63, 3.8) is 0 Å². The maximum Gasteiger partial charge on any atom is 0.271 e. The topological polar surface area (TPSA) is 93.7 Å². The molecule has 0 bridgehead atoms. The van der Waals surface area contributed by atoms with Crippen LogP contribution in [0.2, 0.25) is 5.02 Å². The van der Waals surface area contributed by atoms with E-state index in [1.807, 2.05) is 23.1 Å². The second-order valence-electron chi connectivity index (χ2n) is 12.6. The first kappa shape index (κ1) is 33.4. The van der Waals surface area contributed by atoms with Gasteiger partial charge in [-0.25, -0.2) is 17.1 Å². The summed E-state index contributed by atoms with van der Waals surface area (Å²) in [5.74, 6) is -1.21. The predicted molar refractivity (Wildman–Crippen MR) is 177 cm³/mol. The molecule has 3 aromatic rings. The van der Waals surface area contributed by atoms with Crippen molar-refractivity contribution in [3.05, 3.63) is 88.2 Å². The van der Waals surface area contributed by atoms with Crippen LogP contribution >= 0.6 is 11.6 Å². The van der Waals surface area contributed by atoms with E-state index < -0.39 is 33.3 Å². The smallest absolute Gasteiger partial charge is 0.271 e. The van der Waals surface area contributed by atoms with E-state index in [1.54, 1.807) is 20.2 Å². The lowest BCUT2D eigenvalue weighted by Crippen LogP contribution is -2.59. The van der Waals surface area contributed by atoms with E-state index in [0.717, 1.165) is 60.3 Å². The third-order valence-electron chi connectivity index (χ3n) is 9.48. The zero-order valence-corrected chi connectivity index (χ0v) is 28.5. The molecule has 10 nitrogen and oxygen atoms in total. The highest BCUT2D eigenvalue weighted by Gasteiger charge is 2.63. The van der Waals surface area contributed by atoms with Gasteiger partial charge in [-0.2, -0.15) is 0 Å². The zero-order valence-electron chi connectivity index (χ0n) is 26.9. The number of carbonyl (C=O) groups is 2. The number of nitrogens with zero attached hydrogens (tertiary/aromatic N) is 5. The second kappa shape index (κ2) is 12.8. The number of fused-ring (bicyclic) bond motifs is 1. The van der Waals surface area contributed by atoms with E-state index in [9.17, 15) is 17.6 Å². The molecule has 0 aliphatic carbocycles. The summed E-state index contributed by atoms with van der Waals surface area (Å²) in [6.45, 7) is 4.74. The molecule has 2 fully saturated rings. The molecule has 2 atom stereocenters. The molecule has 2 amide bonds. The molecule has 3 aliphatic rings. The van der Waals surface area contributed by atoms with Gasteiger partial charge in [-0.15, -0.1) is 0 Å². The van der Waals surface area contributed by atoms with Gasteiger partial charge in [-0.05, 0) is 74.0 Å². The Labute approximate surface area is 280 Å². The predicted octanol–water partition coefficient (Wildman–Crippen LogP) is 3.77. The van der Waals surface area contributed by atoms with E-state index in [0.29, 0.717) is 47.8 Å². The Balaban J connectivity index is 1.58. The van der Waals surface area contributed by atoms with Crippen LogP contribution in [0.15, 0.2) is 65.6 Å². The third kappa shape index (κ3) is 5.69. The number of amides is 2. The molecule has 0 aromatic heterocycles. The molecular weight excluding hydrogens is 645 g/mol. The monoisotopic (exact) mass is 683 g/mol. The summed E-state index contributed by atoms with van der Waals surface area (Å²) in [6.07, 6.45) is 1.07. The Morgan fingerprint density at radius 2 is 1.70 bits per heavy atom. The zero-order chi connectivity index (χ0) is 33.7. The van der Waals surface area contributed by atoms with E-state index in [4.69, 9.17) is 16.3 Å². The average Bonchev–Trinajstić information content (AvgIpc) is 3.63. The summed E-state index contributed by atoms with van der Waals surface area (Å²) >= 11 is 6.60. The number of benzene rings is 3. The van der Waals surface area contributed by atoms with Crippen molar-refractivity contribution in [1.29, 1.82) is 0 Å². The van der Waals surface area contributed by atoms with Gasteiger partial charge in [0.15, 0.2) is 5.54 Å². The highest BCUT2D eigenvalue weighted by atomic mass is 35.5. The Morgan fingerprint density at radius 3 is 2.36 bits per heavy atom. The number of anilines is 1. The van der Waals surface area contributed by atoms with Gasteiger partial charge < -0.3 is 14.5 Å². The van der Waals surface area contributed by atoms with Crippen LogP contribution in [-0.2, 0) is 31.7 Å². The van der Waals surface area contributed by atoms with Crippen molar-refractivity contribution in [2.75, 3.05) is 65.3 Å². The minimum absolute atomic E-state index is 0.107. The van der Waals surface area contributed by atoms with Crippen LogP contribution in [0.25, 0.3) is 0 Å². The van der Waals surface area contributed by atoms with E-state index in [-0.39, 0.29) is 16.5 Å². The summed E-state index contributed by atoms with van der Waals surface area (Å²) in [4.78, 5) is 36.7. The lowest BCUT2D eigenvalue weighted by atomic mass is 9.80. The van der Waals surface area contributed by atoms with Crippen LogP contribution in [-0.4, -0.2) is 107 Å². The number of carbonyl (C=O) groups excluding carboxylic acids is 2. The number of hydrogen-bond acceptors (Lipinski definition) is 8. The molecule has 0 radical (unpaired) electrons. The second-order valence-corrected chi connectivity index (χ2v) is 14.8. The molecule has 13 heteroatoms. The number of piperazine rings is 1. The largest absolute Gasteiger partial charge is 0.496 e. The lowest BCUT2D eigenvalue weighted by Gasteiger charge is -2.42. The maximum atomic E-state index is 15.3. The van der Waals surface area contributed by atoms with Crippen LogP contribution in [0.4, 0.5) is 10.1 Å². The molecule has 47 heavy (non-hydrogen) atoms. The molecule has 250 valence electrons. The Bertz CT molecular complexity index is 1800. The highest BCUT2D eigenvalue weighted by Crippen LogP contribution is 2.55. The summed E-state index contributed by atoms with van der Waals surface area (Å²) in [6, 6.07) is 13.9. The van der Waals surface area contributed by atoms with Gasteiger partial charge in [-0.1, -0.05) is 23.7 Å². The van der Waals surface area contributed by atoms with Gasteiger partial charge in [-0.3, -0.25) is 19.4 Å². The van der Waals surface area contributed by atoms with Crippen LogP contribution < -0.4 is 9.04 Å². The highest BCUT2D eigenvalue weighted by molar-refractivity contribution is 7.93. The van der Waals surface area contributed by atoms with Crippen molar-refractivity contribution >= 4 is 39.1 Å². The molecule has 6 rings (SSSR count). The van der Waals surface area contributed by atoms with Gasteiger partial charge >= 0.3 is 0 Å². The molecule has 0 N–H and O–H groups in total. The number of ether oxygens (including phenoxy) is 1. The molecule has 1 unspecified atom stereocenters. The number of likely N-dealkylation sites (N-methyl/N-ethyl adjacent to an activating group) is 2. The van der Waals surface area contributed by atoms with Crippen molar-refractivity contribution in [2.24, 2.45) is 0 Å². The van der Waals surface area contributed by atoms with Gasteiger partial charge in [0.1, 0.15) is 11.6 Å². The summed E-state index contributed by atoms with van der Waals surface area (Å²) in [7, 11) is 2.39. The fourth-order valence-electron chi connectivity index (χ4n) is 7.11. The van der Waals surface area contributed by atoms with Crippen LogP contribution in [0.3, 0.4) is 0 Å². The number of likely N-dealkylation sites (tertiary alicyclic amines) is 1. The fourth-order valence-corrected chi connectivity index (χ4v) is 8.74. The van der Waals surface area contributed by atoms with Crippen LogP contribution in [0, 0.1) is 5.82 Å². The van der Waals surface area contributed by atoms with Gasteiger partial charge in [0.25, 0.3) is 15.9 Å². The van der Waals surface area contributed by atoms with Crippen LogP contribution in [0.1, 0.15) is 29.5 Å². The van der Waals surface area contributed by atoms with Crippen molar-refractivity contribution < 1.29 is 27.1 Å². The van der Waals surface area contributed by atoms with Crippen LogP contribution in [0.5, 0.6) is 5.75 Å². The fraction of sp³-hybridized carbons (Fsp3) is 0.412.